The normalized spacial score (nSPS) is 10.4. The van der Waals surface area contributed by atoms with Crippen LogP contribution in [0.4, 0.5) is 0 Å². The molecule has 3 rings (SSSR count). The van der Waals surface area contributed by atoms with Gasteiger partial charge in [-0.15, -0.1) is 0 Å². The van der Waals surface area contributed by atoms with E-state index < -0.39 is 0 Å². The minimum absolute atomic E-state index is 1.01. The van der Waals surface area contributed by atoms with E-state index in [1.54, 1.807) is 0 Å². The molecule has 1 aromatic heterocycles. The number of aryl methyl sites for hydroxylation is 1. The lowest BCUT2D eigenvalue weighted by molar-refractivity contribution is 1.32. The highest BCUT2D eigenvalue weighted by molar-refractivity contribution is 5.70. The summed E-state index contributed by atoms with van der Waals surface area (Å²) in [7, 11) is 0. The van der Waals surface area contributed by atoms with E-state index in [-0.39, 0.29) is 0 Å². The van der Waals surface area contributed by atoms with Crippen LogP contribution in [0.5, 0.6) is 0 Å². The van der Waals surface area contributed by atoms with Crippen molar-refractivity contribution in [3.05, 3.63) is 78.5 Å². The number of benzene rings is 2. The Hall–Kier alpha value is -2.41. The number of hydrogen-bond acceptors (Lipinski definition) is 1. The van der Waals surface area contributed by atoms with E-state index >= 15 is 0 Å². The predicted octanol–water partition coefficient (Wildman–Crippen LogP) is 4.72. The first-order valence-corrected chi connectivity index (χ1v) is 6.41. The second-order valence-electron chi connectivity index (χ2n) is 4.67. The first-order valence-electron chi connectivity index (χ1n) is 6.41. The quantitative estimate of drug-likeness (QED) is 0.636. The molecule has 0 spiro atoms. The van der Waals surface area contributed by atoms with Crippen molar-refractivity contribution in [2.24, 2.45) is 0 Å². The van der Waals surface area contributed by atoms with Gasteiger partial charge in [0, 0.05) is 11.8 Å². The first-order chi connectivity index (χ1) is 9.33. The minimum atomic E-state index is 1.01. The van der Waals surface area contributed by atoms with Crippen molar-refractivity contribution in [3.63, 3.8) is 0 Å². The average Bonchev–Trinajstić information content (AvgIpc) is 2.48. The van der Waals surface area contributed by atoms with E-state index in [0.717, 1.165) is 11.3 Å². The van der Waals surface area contributed by atoms with Crippen molar-refractivity contribution in [1.29, 1.82) is 0 Å². The fourth-order valence-corrected chi connectivity index (χ4v) is 2.20. The van der Waals surface area contributed by atoms with Crippen LogP contribution in [0.15, 0.2) is 72.9 Å². The molecule has 0 N–H and O–H groups in total. The number of rotatable bonds is 2. The van der Waals surface area contributed by atoms with Crippen LogP contribution in [0, 0.1) is 6.92 Å². The molecule has 0 saturated carbocycles. The van der Waals surface area contributed by atoms with Gasteiger partial charge in [0.25, 0.3) is 0 Å². The van der Waals surface area contributed by atoms with Crippen molar-refractivity contribution < 1.29 is 0 Å². The van der Waals surface area contributed by atoms with E-state index in [0.29, 0.717) is 0 Å². The van der Waals surface area contributed by atoms with Crippen molar-refractivity contribution >= 4 is 0 Å². The number of nitrogens with zero attached hydrogens (tertiary/aromatic N) is 1. The Morgan fingerprint density at radius 2 is 1.42 bits per heavy atom. The summed E-state index contributed by atoms with van der Waals surface area (Å²) in [6.45, 7) is 2.11. The van der Waals surface area contributed by atoms with Gasteiger partial charge in [-0.1, -0.05) is 60.2 Å². The van der Waals surface area contributed by atoms with Crippen LogP contribution in [-0.4, -0.2) is 4.98 Å². The maximum absolute atomic E-state index is 4.46. The van der Waals surface area contributed by atoms with Gasteiger partial charge < -0.3 is 0 Å². The Kier molecular flexibility index (Phi) is 3.11. The number of aromatic nitrogens is 1. The molecule has 1 heteroatoms. The molecule has 0 bridgehead atoms. The molecule has 3 aromatic rings. The smallest absolute Gasteiger partial charge is 0.0708 e. The second-order valence-corrected chi connectivity index (χ2v) is 4.67. The van der Waals surface area contributed by atoms with Crippen molar-refractivity contribution in [1.82, 2.24) is 4.98 Å². The standard InChI is InChI=1S/C18H15N/c1-14-6-5-9-16(12-14)17-10-11-19-18(13-17)15-7-3-2-4-8-15/h2-13H,1H3. The van der Waals surface area contributed by atoms with E-state index in [9.17, 15) is 0 Å². The van der Waals surface area contributed by atoms with Crippen LogP contribution >= 0.6 is 0 Å². The van der Waals surface area contributed by atoms with Crippen molar-refractivity contribution in [2.45, 2.75) is 6.92 Å². The zero-order chi connectivity index (χ0) is 13.1. The fourth-order valence-electron chi connectivity index (χ4n) is 2.20. The Morgan fingerprint density at radius 3 is 2.21 bits per heavy atom. The summed E-state index contributed by atoms with van der Waals surface area (Å²) < 4.78 is 0. The predicted molar refractivity (Wildman–Crippen MR) is 79.8 cm³/mol. The number of pyridine rings is 1. The van der Waals surface area contributed by atoms with Gasteiger partial charge in [0.15, 0.2) is 0 Å². The molecule has 0 fully saturated rings. The minimum Gasteiger partial charge on any atom is -0.256 e. The van der Waals surface area contributed by atoms with Gasteiger partial charge in [0.1, 0.15) is 0 Å². The molecule has 0 atom stereocenters. The van der Waals surface area contributed by atoms with Gasteiger partial charge in [-0.25, -0.2) is 0 Å². The largest absolute Gasteiger partial charge is 0.256 e. The average molecular weight is 245 g/mol. The molecule has 19 heavy (non-hydrogen) atoms. The maximum Gasteiger partial charge on any atom is 0.0708 e. The van der Waals surface area contributed by atoms with Gasteiger partial charge in [0.05, 0.1) is 5.69 Å². The molecule has 0 saturated heterocycles. The molecule has 1 nitrogen and oxygen atoms in total. The summed E-state index contributed by atoms with van der Waals surface area (Å²) in [6, 6.07) is 23.0. The molecule has 92 valence electrons. The monoisotopic (exact) mass is 245 g/mol. The molecule has 0 radical (unpaired) electrons. The van der Waals surface area contributed by atoms with Gasteiger partial charge in [-0.05, 0) is 30.2 Å². The molecule has 0 unspecified atom stereocenters. The lowest BCUT2D eigenvalue weighted by Gasteiger charge is -2.06. The Bertz CT molecular complexity index is 687. The molecule has 2 aromatic carbocycles. The zero-order valence-electron chi connectivity index (χ0n) is 10.9. The molecular formula is C18H15N. The topological polar surface area (TPSA) is 12.9 Å². The SMILES string of the molecule is Cc1cccc(-c2ccnc(-c3ccccc3)c2)c1. The summed E-state index contributed by atoms with van der Waals surface area (Å²) in [5, 5.41) is 0. The van der Waals surface area contributed by atoms with Crippen LogP contribution in [0.2, 0.25) is 0 Å². The molecule has 0 aliphatic carbocycles. The van der Waals surface area contributed by atoms with E-state index in [4.69, 9.17) is 0 Å². The van der Waals surface area contributed by atoms with Crippen LogP contribution < -0.4 is 0 Å². The Morgan fingerprint density at radius 1 is 0.684 bits per heavy atom. The molecule has 0 aliphatic rings. The highest BCUT2D eigenvalue weighted by atomic mass is 14.7. The Labute approximate surface area is 113 Å². The second kappa shape index (κ2) is 5.07. The molecule has 1 heterocycles. The van der Waals surface area contributed by atoms with Crippen molar-refractivity contribution in [3.8, 4) is 22.4 Å². The maximum atomic E-state index is 4.46. The van der Waals surface area contributed by atoms with Crippen LogP contribution in [0.1, 0.15) is 5.56 Å². The highest BCUT2D eigenvalue weighted by Gasteiger charge is 2.02. The lowest BCUT2D eigenvalue weighted by atomic mass is 10.0. The lowest BCUT2D eigenvalue weighted by Crippen LogP contribution is -1.85. The molecule has 0 amide bonds. The van der Waals surface area contributed by atoms with Crippen molar-refractivity contribution in [2.75, 3.05) is 0 Å². The van der Waals surface area contributed by atoms with Gasteiger partial charge in [-0.3, -0.25) is 4.98 Å². The van der Waals surface area contributed by atoms with Gasteiger partial charge >= 0.3 is 0 Å². The Balaban J connectivity index is 2.06. The van der Waals surface area contributed by atoms with Crippen LogP contribution in [-0.2, 0) is 0 Å². The van der Waals surface area contributed by atoms with E-state index in [1.807, 2.05) is 24.4 Å². The zero-order valence-corrected chi connectivity index (χ0v) is 10.9. The van der Waals surface area contributed by atoms with Crippen LogP contribution in [0.25, 0.3) is 22.4 Å². The molecular weight excluding hydrogens is 230 g/mol. The summed E-state index contributed by atoms with van der Waals surface area (Å²) in [6.07, 6.45) is 1.88. The van der Waals surface area contributed by atoms with Crippen LogP contribution in [0.3, 0.4) is 0 Å². The summed E-state index contributed by atoms with van der Waals surface area (Å²) in [5.41, 5.74) is 5.88. The fraction of sp³-hybridized carbons (Fsp3) is 0.0556. The van der Waals surface area contributed by atoms with Gasteiger partial charge in [0.2, 0.25) is 0 Å². The van der Waals surface area contributed by atoms with E-state index in [2.05, 4.69) is 60.4 Å². The third kappa shape index (κ3) is 2.55. The third-order valence-corrected chi connectivity index (χ3v) is 3.18. The molecule has 0 aliphatic heterocycles. The summed E-state index contributed by atoms with van der Waals surface area (Å²) >= 11 is 0. The third-order valence-electron chi connectivity index (χ3n) is 3.18. The summed E-state index contributed by atoms with van der Waals surface area (Å²) in [4.78, 5) is 4.46. The summed E-state index contributed by atoms with van der Waals surface area (Å²) in [5.74, 6) is 0. The van der Waals surface area contributed by atoms with E-state index in [1.165, 1.54) is 16.7 Å². The van der Waals surface area contributed by atoms with Gasteiger partial charge in [-0.2, -0.15) is 0 Å². The first kappa shape index (κ1) is 11.7. The number of hydrogen-bond donors (Lipinski definition) is 0. The highest BCUT2D eigenvalue weighted by Crippen LogP contribution is 2.24.